The zero-order valence-corrected chi connectivity index (χ0v) is 14.6. The molecule has 0 spiro atoms. The average molecular weight is 378 g/mol. The summed E-state index contributed by atoms with van der Waals surface area (Å²) in [5, 5.41) is 2.53. The molecule has 27 heavy (non-hydrogen) atoms. The van der Waals surface area contributed by atoms with Crippen LogP contribution < -0.4 is 10.2 Å². The molecule has 0 aromatic heterocycles. The number of benzene rings is 2. The lowest BCUT2D eigenvalue weighted by atomic mass is 10.1. The summed E-state index contributed by atoms with van der Waals surface area (Å²) >= 11 is 0. The normalized spacial score (nSPS) is 11.0. The lowest BCUT2D eigenvalue weighted by molar-refractivity contribution is -0.137. The molecule has 0 radical (unpaired) electrons. The highest BCUT2D eigenvalue weighted by Crippen LogP contribution is 2.31. The van der Waals surface area contributed by atoms with Crippen LogP contribution in [0.4, 0.5) is 24.5 Å². The zero-order chi connectivity index (χ0) is 20.2. The fourth-order valence-electron chi connectivity index (χ4n) is 2.39. The number of alkyl halides is 3. The molecular weight excluding hydrogens is 361 g/mol. The number of nitrogens with zero attached hydrogens (tertiary/aromatic N) is 1. The van der Waals surface area contributed by atoms with Gasteiger partial charge in [0.1, 0.15) is 6.54 Å². The van der Waals surface area contributed by atoms with E-state index in [1.54, 1.807) is 18.2 Å². The summed E-state index contributed by atoms with van der Waals surface area (Å²) < 4.78 is 38.6. The quantitative estimate of drug-likeness (QED) is 0.803. The van der Waals surface area contributed by atoms with Gasteiger partial charge in [-0.2, -0.15) is 13.2 Å². The van der Waals surface area contributed by atoms with Crippen molar-refractivity contribution in [1.82, 2.24) is 0 Å². The van der Waals surface area contributed by atoms with Crippen molar-refractivity contribution >= 4 is 29.0 Å². The van der Waals surface area contributed by atoms with Gasteiger partial charge in [-0.15, -0.1) is 0 Å². The molecule has 142 valence electrons. The van der Waals surface area contributed by atoms with Crippen LogP contribution in [0.1, 0.15) is 29.8 Å². The molecule has 5 nitrogen and oxygen atoms in total. The highest BCUT2D eigenvalue weighted by Gasteiger charge is 2.31. The number of carbonyl (C=O) groups is 3. The van der Waals surface area contributed by atoms with Crippen LogP contribution in [0.15, 0.2) is 48.5 Å². The van der Waals surface area contributed by atoms with Gasteiger partial charge in [0, 0.05) is 23.9 Å². The molecule has 0 saturated heterocycles. The van der Waals surface area contributed by atoms with E-state index in [2.05, 4.69) is 5.32 Å². The van der Waals surface area contributed by atoms with Crippen molar-refractivity contribution in [2.45, 2.75) is 20.0 Å². The van der Waals surface area contributed by atoms with Crippen molar-refractivity contribution in [2.24, 2.45) is 0 Å². The maximum atomic E-state index is 12.9. The second kappa shape index (κ2) is 8.03. The molecule has 0 atom stereocenters. The van der Waals surface area contributed by atoms with Gasteiger partial charge in [0.2, 0.25) is 11.8 Å². The van der Waals surface area contributed by atoms with Crippen LogP contribution in [0.25, 0.3) is 0 Å². The van der Waals surface area contributed by atoms with Crippen LogP contribution in [0.2, 0.25) is 0 Å². The lowest BCUT2D eigenvalue weighted by Crippen LogP contribution is -2.36. The molecular formula is C19H17F3N2O3. The Morgan fingerprint density at radius 3 is 2.26 bits per heavy atom. The Labute approximate surface area is 153 Å². The minimum absolute atomic E-state index is 0.0371. The molecule has 8 heteroatoms. The highest BCUT2D eigenvalue weighted by molar-refractivity contribution is 6.02. The van der Waals surface area contributed by atoms with Crippen molar-refractivity contribution in [1.29, 1.82) is 0 Å². The molecule has 0 aliphatic rings. The summed E-state index contributed by atoms with van der Waals surface area (Å²) in [5.74, 6) is -1.37. The van der Waals surface area contributed by atoms with Crippen molar-refractivity contribution < 1.29 is 27.6 Å². The third kappa shape index (κ3) is 5.40. The molecule has 0 bridgehead atoms. The second-order valence-corrected chi connectivity index (χ2v) is 5.84. The van der Waals surface area contributed by atoms with Crippen molar-refractivity contribution in [3.8, 4) is 0 Å². The van der Waals surface area contributed by atoms with Crippen LogP contribution in [0.3, 0.4) is 0 Å². The van der Waals surface area contributed by atoms with E-state index in [4.69, 9.17) is 0 Å². The fraction of sp³-hybridized carbons (Fsp3) is 0.211. The smallest absolute Gasteiger partial charge is 0.325 e. The minimum atomic E-state index is -4.56. The van der Waals surface area contributed by atoms with E-state index in [1.165, 1.54) is 25.1 Å². The Hall–Kier alpha value is -3.16. The summed E-state index contributed by atoms with van der Waals surface area (Å²) in [4.78, 5) is 36.4. The first-order chi connectivity index (χ1) is 12.6. The molecule has 1 N–H and O–H groups in total. The van der Waals surface area contributed by atoms with E-state index < -0.39 is 30.1 Å². The number of ketones is 1. The van der Waals surface area contributed by atoms with Gasteiger partial charge in [0.15, 0.2) is 5.78 Å². The molecule has 2 aromatic carbocycles. The number of Topliss-reactive ketones (excluding diaryl/α,β-unsaturated/α-hetero) is 1. The Morgan fingerprint density at radius 1 is 1.00 bits per heavy atom. The maximum absolute atomic E-state index is 12.9. The average Bonchev–Trinajstić information content (AvgIpc) is 2.59. The lowest BCUT2D eigenvalue weighted by Gasteiger charge is -2.22. The van der Waals surface area contributed by atoms with E-state index in [9.17, 15) is 27.6 Å². The molecule has 2 rings (SSSR count). The SMILES string of the molecule is CC(=O)c1cccc(NC(=O)CN(C(C)=O)c2cccc(C(F)(F)F)c2)c1. The van der Waals surface area contributed by atoms with Crippen LogP contribution in [0, 0.1) is 0 Å². The van der Waals surface area contributed by atoms with Gasteiger partial charge in [-0.25, -0.2) is 0 Å². The van der Waals surface area contributed by atoms with E-state index >= 15 is 0 Å². The standard InChI is InChI=1S/C19H17F3N2O3/c1-12(25)14-5-3-7-16(9-14)23-18(27)11-24(13(2)26)17-8-4-6-15(10-17)19(20,21)22/h3-10H,11H2,1-2H3,(H,23,27). The van der Waals surface area contributed by atoms with Gasteiger partial charge in [-0.3, -0.25) is 14.4 Å². The van der Waals surface area contributed by atoms with Gasteiger partial charge in [0.25, 0.3) is 0 Å². The van der Waals surface area contributed by atoms with E-state index in [0.29, 0.717) is 11.3 Å². The van der Waals surface area contributed by atoms with Crippen molar-refractivity contribution in [3.63, 3.8) is 0 Å². The third-order valence-electron chi connectivity index (χ3n) is 3.72. The number of nitrogens with one attached hydrogen (secondary N) is 1. The number of anilines is 2. The summed E-state index contributed by atoms with van der Waals surface area (Å²) in [6.07, 6.45) is -4.56. The first-order valence-corrected chi connectivity index (χ1v) is 7.94. The number of amides is 2. The monoisotopic (exact) mass is 378 g/mol. The second-order valence-electron chi connectivity index (χ2n) is 5.84. The van der Waals surface area contributed by atoms with Gasteiger partial charge >= 0.3 is 6.18 Å². The van der Waals surface area contributed by atoms with Crippen LogP contribution in [-0.4, -0.2) is 24.1 Å². The number of rotatable bonds is 5. The molecule has 0 fully saturated rings. The largest absolute Gasteiger partial charge is 0.416 e. The molecule has 0 aliphatic heterocycles. The molecule has 2 amide bonds. The van der Waals surface area contributed by atoms with Gasteiger partial charge in [-0.05, 0) is 37.3 Å². The molecule has 0 heterocycles. The van der Waals surface area contributed by atoms with E-state index in [0.717, 1.165) is 24.0 Å². The first-order valence-electron chi connectivity index (χ1n) is 7.94. The van der Waals surface area contributed by atoms with Gasteiger partial charge < -0.3 is 10.2 Å². The topological polar surface area (TPSA) is 66.5 Å². The van der Waals surface area contributed by atoms with E-state index in [-0.39, 0.29) is 11.5 Å². The molecule has 0 saturated carbocycles. The van der Waals surface area contributed by atoms with Crippen LogP contribution in [0.5, 0.6) is 0 Å². The molecule has 2 aromatic rings. The predicted octanol–water partition coefficient (Wildman–Crippen LogP) is 3.90. The number of halogens is 3. The number of hydrogen-bond donors (Lipinski definition) is 1. The van der Waals surface area contributed by atoms with Gasteiger partial charge in [-0.1, -0.05) is 18.2 Å². The fourth-order valence-corrected chi connectivity index (χ4v) is 2.39. The van der Waals surface area contributed by atoms with Crippen molar-refractivity contribution in [2.75, 3.05) is 16.8 Å². The third-order valence-corrected chi connectivity index (χ3v) is 3.72. The van der Waals surface area contributed by atoms with Crippen LogP contribution in [-0.2, 0) is 15.8 Å². The Balaban J connectivity index is 2.19. The van der Waals surface area contributed by atoms with Gasteiger partial charge in [0.05, 0.1) is 5.56 Å². The molecule has 0 aliphatic carbocycles. The Kier molecular flexibility index (Phi) is 5.99. The summed E-state index contributed by atoms with van der Waals surface area (Å²) in [5.41, 5.74) is -0.208. The minimum Gasteiger partial charge on any atom is -0.325 e. The summed E-state index contributed by atoms with van der Waals surface area (Å²) in [6.45, 7) is 2.07. The van der Waals surface area contributed by atoms with Crippen LogP contribution >= 0.6 is 0 Å². The summed E-state index contributed by atoms with van der Waals surface area (Å²) in [6, 6.07) is 10.4. The van der Waals surface area contributed by atoms with Crippen molar-refractivity contribution in [3.05, 3.63) is 59.7 Å². The maximum Gasteiger partial charge on any atom is 0.416 e. The molecule has 0 unspecified atom stereocenters. The Morgan fingerprint density at radius 2 is 1.67 bits per heavy atom. The van der Waals surface area contributed by atoms with E-state index in [1.807, 2.05) is 0 Å². The highest BCUT2D eigenvalue weighted by atomic mass is 19.4. The predicted molar refractivity (Wildman–Crippen MR) is 94.5 cm³/mol. The summed E-state index contributed by atoms with van der Waals surface area (Å²) in [7, 11) is 0. The first kappa shape index (κ1) is 20.2. The Bertz CT molecular complexity index is 878. The number of carbonyl (C=O) groups excluding carboxylic acids is 3. The number of hydrogen-bond acceptors (Lipinski definition) is 3. The zero-order valence-electron chi connectivity index (χ0n) is 14.6.